The largest absolute Gasteiger partial charge is 0.493 e. The van der Waals surface area contributed by atoms with Gasteiger partial charge in [-0.2, -0.15) is 5.10 Å². The zero-order valence-electron chi connectivity index (χ0n) is 13.4. The molecule has 0 saturated heterocycles. The predicted molar refractivity (Wildman–Crippen MR) is 95.8 cm³/mol. The second-order valence-corrected chi connectivity index (χ2v) is 5.67. The minimum atomic E-state index is -0.471. The van der Waals surface area contributed by atoms with Gasteiger partial charge in [-0.05, 0) is 42.0 Å². The van der Waals surface area contributed by atoms with Crippen LogP contribution in [-0.2, 0) is 4.79 Å². The van der Waals surface area contributed by atoms with Crippen LogP contribution in [0.3, 0.4) is 0 Å². The van der Waals surface area contributed by atoms with Crippen LogP contribution in [0.2, 0.25) is 10.0 Å². The first-order chi connectivity index (χ1) is 11.9. The predicted octanol–water partition coefficient (Wildman–Crippen LogP) is 3.69. The van der Waals surface area contributed by atoms with Crippen molar-refractivity contribution in [2.45, 2.75) is 6.92 Å². The Balaban J connectivity index is 2.08. The van der Waals surface area contributed by atoms with Crippen molar-refractivity contribution in [1.82, 2.24) is 5.43 Å². The molecule has 0 aliphatic carbocycles. The van der Waals surface area contributed by atoms with Gasteiger partial charge in [-0.25, -0.2) is 5.43 Å². The second-order valence-electron chi connectivity index (χ2n) is 4.83. The molecule has 25 heavy (non-hydrogen) atoms. The van der Waals surface area contributed by atoms with E-state index in [-0.39, 0.29) is 10.6 Å². The number of hydrazone groups is 1. The topological polar surface area (TPSA) is 77.0 Å². The van der Waals surface area contributed by atoms with E-state index in [1.54, 1.807) is 24.3 Å². The molecule has 8 heteroatoms. The average molecular weight is 381 g/mol. The summed E-state index contributed by atoms with van der Waals surface area (Å²) in [4.78, 5) is 23.1. The molecule has 130 valence electrons. The van der Waals surface area contributed by atoms with E-state index in [4.69, 9.17) is 32.7 Å². The number of carbonyl (C=O) groups excluding carboxylic acids is 2. The van der Waals surface area contributed by atoms with Crippen molar-refractivity contribution in [2.75, 3.05) is 7.11 Å². The summed E-state index contributed by atoms with van der Waals surface area (Å²) in [6.07, 6.45) is 1.42. The van der Waals surface area contributed by atoms with Gasteiger partial charge in [0, 0.05) is 11.9 Å². The Labute approximate surface area is 154 Å². The van der Waals surface area contributed by atoms with Gasteiger partial charge in [0.2, 0.25) is 0 Å². The monoisotopic (exact) mass is 380 g/mol. The minimum absolute atomic E-state index is 0.229. The van der Waals surface area contributed by atoms with Crippen LogP contribution in [0.15, 0.2) is 41.5 Å². The normalized spacial score (nSPS) is 10.6. The lowest BCUT2D eigenvalue weighted by Crippen LogP contribution is -2.18. The van der Waals surface area contributed by atoms with Crippen LogP contribution >= 0.6 is 23.2 Å². The summed E-state index contributed by atoms with van der Waals surface area (Å²) < 4.78 is 10.2. The first kappa shape index (κ1) is 18.8. The Morgan fingerprint density at radius 1 is 1.12 bits per heavy atom. The minimum Gasteiger partial charge on any atom is -0.493 e. The molecule has 0 saturated carbocycles. The molecule has 6 nitrogen and oxygen atoms in total. The first-order valence-corrected chi connectivity index (χ1v) is 7.81. The second kappa shape index (κ2) is 8.50. The van der Waals surface area contributed by atoms with Gasteiger partial charge in [0.05, 0.1) is 23.9 Å². The van der Waals surface area contributed by atoms with E-state index in [1.165, 1.54) is 32.4 Å². The van der Waals surface area contributed by atoms with Crippen molar-refractivity contribution in [1.29, 1.82) is 0 Å². The molecular weight excluding hydrogens is 367 g/mol. The van der Waals surface area contributed by atoms with Crippen molar-refractivity contribution in [3.8, 4) is 11.5 Å². The number of amides is 1. The third-order valence-corrected chi connectivity index (χ3v) is 3.54. The molecule has 1 amide bonds. The van der Waals surface area contributed by atoms with Gasteiger partial charge in [0.1, 0.15) is 0 Å². The van der Waals surface area contributed by atoms with Crippen LogP contribution in [-0.4, -0.2) is 25.2 Å². The number of rotatable bonds is 5. The molecule has 1 N–H and O–H groups in total. The summed E-state index contributed by atoms with van der Waals surface area (Å²) >= 11 is 11.8. The SMILES string of the molecule is COc1cc(C=NNC(=O)c2ccc(Cl)cc2Cl)ccc1OC(C)=O. The lowest BCUT2D eigenvalue weighted by atomic mass is 10.2. The van der Waals surface area contributed by atoms with Crippen LogP contribution in [0.4, 0.5) is 0 Å². The molecule has 0 aliphatic rings. The molecule has 0 bridgehead atoms. The van der Waals surface area contributed by atoms with E-state index in [0.29, 0.717) is 22.1 Å². The highest BCUT2D eigenvalue weighted by atomic mass is 35.5. The molecule has 0 unspecified atom stereocenters. The van der Waals surface area contributed by atoms with Gasteiger partial charge in [-0.15, -0.1) is 0 Å². The Hall–Kier alpha value is -2.57. The fourth-order valence-electron chi connectivity index (χ4n) is 1.90. The fourth-order valence-corrected chi connectivity index (χ4v) is 2.40. The van der Waals surface area contributed by atoms with Gasteiger partial charge in [-0.1, -0.05) is 23.2 Å². The van der Waals surface area contributed by atoms with E-state index >= 15 is 0 Å². The molecule has 0 spiro atoms. The zero-order valence-corrected chi connectivity index (χ0v) is 14.9. The summed E-state index contributed by atoms with van der Waals surface area (Å²) in [5, 5.41) is 4.53. The number of halogens is 2. The van der Waals surface area contributed by atoms with Crippen molar-refractivity contribution in [2.24, 2.45) is 5.10 Å². The molecule has 2 rings (SSSR count). The Morgan fingerprint density at radius 3 is 2.52 bits per heavy atom. The number of hydrogen-bond acceptors (Lipinski definition) is 5. The maximum atomic E-state index is 12.0. The molecular formula is C17H14Cl2N2O4. The summed E-state index contributed by atoms with van der Waals surface area (Å²) in [6, 6.07) is 9.38. The van der Waals surface area contributed by atoms with Crippen LogP contribution < -0.4 is 14.9 Å². The highest BCUT2D eigenvalue weighted by molar-refractivity contribution is 6.36. The van der Waals surface area contributed by atoms with Crippen molar-refractivity contribution >= 4 is 41.3 Å². The summed E-state index contributed by atoms with van der Waals surface area (Å²) in [6.45, 7) is 1.30. The smallest absolute Gasteiger partial charge is 0.308 e. The average Bonchev–Trinajstić information content (AvgIpc) is 2.55. The van der Waals surface area contributed by atoms with E-state index in [1.807, 2.05) is 0 Å². The van der Waals surface area contributed by atoms with E-state index in [2.05, 4.69) is 10.5 Å². The van der Waals surface area contributed by atoms with Crippen LogP contribution in [0.25, 0.3) is 0 Å². The maximum Gasteiger partial charge on any atom is 0.308 e. The van der Waals surface area contributed by atoms with Gasteiger partial charge < -0.3 is 9.47 Å². The molecule has 0 aliphatic heterocycles. The standard InChI is InChI=1S/C17H14Cl2N2O4/c1-10(22)25-15-6-3-11(7-16(15)24-2)9-20-21-17(23)13-5-4-12(18)8-14(13)19/h3-9H,1-2H3,(H,21,23). The third kappa shape index (κ3) is 5.20. The number of benzene rings is 2. The number of methoxy groups -OCH3 is 1. The molecule has 0 radical (unpaired) electrons. The summed E-state index contributed by atoms with van der Waals surface area (Å²) in [7, 11) is 1.45. The molecule has 0 atom stereocenters. The van der Waals surface area contributed by atoms with E-state index in [9.17, 15) is 9.59 Å². The van der Waals surface area contributed by atoms with Gasteiger partial charge in [-0.3, -0.25) is 9.59 Å². The van der Waals surface area contributed by atoms with E-state index in [0.717, 1.165) is 0 Å². The molecule has 0 aromatic heterocycles. The highest BCUT2D eigenvalue weighted by Crippen LogP contribution is 2.27. The molecule has 0 heterocycles. The first-order valence-electron chi connectivity index (χ1n) is 7.05. The number of ether oxygens (including phenoxy) is 2. The van der Waals surface area contributed by atoms with Crippen LogP contribution in [0.5, 0.6) is 11.5 Å². The van der Waals surface area contributed by atoms with Crippen LogP contribution in [0, 0.1) is 0 Å². The number of nitrogens with one attached hydrogen (secondary N) is 1. The van der Waals surface area contributed by atoms with Crippen molar-refractivity contribution in [3.63, 3.8) is 0 Å². The number of esters is 1. The zero-order chi connectivity index (χ0) is 18.4. The number of carbonyl (C=O) groups is 2. The Morgan fingerprint density at radius 2 is 1.88 bits per heavy atom. The van der Waals surface area contributed by atoms with Gasteiger partial charge in [0.15, 0.2) is 11.5 Å². The summed E-state index contributed by atoms with van der Waals surface area (Å²) in [5.74, 6) is -0.261. The maximum absolute atomic E-state index is 12.0. The number of nitrogens with zero attached hydrogens (tertiary/aromatic N) is 1. The quantitative estimate of drug-likeness (QED) is 0.371. The fraction of sp³-hybridized carbons (Fsp3) is 0.118. The van der Waals surface area contributed by atoms with Gasteiger partial charge in [0.25, 0.3) is 5.91 Å². The lowest BCUT2D eigenvalue weighted by molar-refractivity contribution is -0.132. The third-order valence-electron chi connectivity index (χ3n) is 3.00. The van der Waals surface area contributed by atoms with Crippen molar-refractivity contribution < 1.29 is 19.1 Å². The van der Waals surface area contributed by atoms with E-state index < -0.39 is 11.9 Å². The Kier molecular flexibility index (Phi) is 6.38. The molecule has 2 aromatic rings. The molecule has 0 fully saturated rings. The molecule has 2 aromatic carbocycles. The summed E-state index contributed by atoms with van der Waals surface area (Å²) in [5.41, 5.74) is 3.26. The Bertz CT molecular complexity index is 837. The lowest BCUT2D eigenvalue weighted by Gasteiger charge is -2.08. The van der Waals surface area contributed by atoms with Crippen molar-refractivity contribution in [3.05, 3.63) is 57.6 Å². The highest BCUT2D eigenvalue weighted by Gasteiger charge is 2.10. The number of hydrogen-bond donors (Lipinski definition) is 1. The van der Waals surface area contributed by atoms with Crippen LogP contribution in [0.1, 0.15) is 22.8 Å². The van der Waals surface area contributed by atoms with Gasteiger partial charge >= 0.3 is 5.97 Å².